The molecule has 4 nitrogen and oxygen atoms in total. The van der Waals surface area contributed by atoms with Crippen molar-refractivity contribution in [2.24, 2.45) is 11.1 Å². The highest BCUT2D eigenvalue weighted by Gasteiger charge is 2.59. The number of ether oxygens (including phenoxy) is 1. The zero-order valence-corrected chi connectivity index (χ0v) is 13.6. The van der Waals surface area contributed by atoms with Crippen LogP contribution < -0.4 is 5.73 Å². The van der Waals surface area contributed by atoms with Crippen molar-refractivity contribution in [1.29, 1.82) is 0 Å². The fourth-order valence-electron chi connectivity index (χ4n) is 3.20. The Morgan fingerprint density at radius 1 is 1.33 bits per heavy atom. The molecule has 1 aromatic rings. The quantitative estimate of drug-likeness (QED) is 0.926. The fraction of sp³-hybridized carbons (Fsp3) is 0.588. The lowest BCUT2D eigenvalue weighted by Crippen LogP contribution is -2.68. The SMILES string of the molecule is CO[C@]1(C)C[C@H](N(C)C(=O)c2ccc(CN)cc2)C1(C)C. The summed E-state index contributed by atoms with van der Waals surface area (Å²) in [7, 11) is 3.62. The second kappa shape index (κ2) is 5.43. The van der Waals surface area contributed by atoms with Gasteiger partial charge in [0.05, 0.1) is 5.60 Å². The average Bonchev–Trinajstić information content (AvgIpc) is 2.50. The molecule has 1 aromatic carbocycles. The van der Waals surface area contributed by atoms with E-state index in [1.807, 2.05) is 36.2 Å². The number of amides is 1. The molecule has 0 aromatic heterocycles. The molecule has 0 radical (unpaired) electrons. The van der Waals surface area contributed by atoms with E-state index >= 15 is 0 Å². The average molecular weight is 290 g/mol. The van der Waals surface area contributed by atoms with Crippen molar-refractivity contribution < 1.29 is 9.53 Å². The summed E-state index contributed by atoms with van der Waals surface area (Å²) in [6.07, 6.45) is 0.861. The summed E-state index contributed by atoms with van der Waals surface area (Å²) in [6.45, 7) is 6.92. The standard InChI is InChI=1S/C17H26N2O2/c1-16(2)14(10-17(16,3)21-5)19(4)15(20)13-8-6-12(11-18)7-9-13/h6-9,14H,10-11,18H2,1-5H3/t14-,17+/m0/s1. The maximum Gasteiger partial charge on any atom is 0.253 e. The largest absolute Gasteiger partial charge is 0.378 e. The van der Waals surface area contributed by atoms with Crippen LogP contribution in [0.15, 0.2) is 24.3 Å². The van der Waals surface area contributed by atoms with Crippen LogP contribution in [0.5, 0.6) is 0 Å². The second-order valence-corrected chi connectivity index (χ2v) is 6.69. The number of hydrogen-bond acceptors (Lipinski definition) is 3. The first-order chi connectivity index (χ1) is 9.76. The molecule has 0 unspecified atom stereocenters. The van der Waals surface area contributed by atoms with E-state index in [9.17, 15) is 4.79 Å². The molecule has 0 heterocycles. The Balaban J connectivity index is 2.13. The summed E-state index contributed by atoms with van der Waals surface area (Å²) in [5.74, 6) is 0.0507. The van der Waals surface area contributed by atoms with E-state index in [0.29, 0.717) is 12.1 Å². The third-order valence-electron chi connectivity index (χ3n) is 5.45. The van der Waals surface area contributed by atoms with Crippen LogP contribution in [0, 0.1) is 5.41 Å². The highest BCUT2D eigenvalue weighted by molar-refractivity contribution is 5.94. The molecule has 2 N–H and O–H groups in total. The van der Waals surface area contributed by atoms with Gasteiger partial charge >= 0.3 is 0 Å². The highest BCUT2D eigenvalue weighted by Crippen LogP contribution is 2.53. The van der Waals surface area contributed by atoms with E-state index in [1.165, 1.54) is 0 Å². The Hall–Kier alpha value is -1.39. The maximum atomic E-state index is 12.6. The molecule has 2 atom stereocenters. The number of carbonyl (C=O) groups excluding carboxylic acids is 1. The van der Waals surface area contributed by atoms with Crippen LogP contribution in [0.3, 0.4) is 0 Å². The Morgan fingerprint density at radius 3 is 2.33 bits per heavy atom. The van der Waals surface area contributed by atoms with Crippen molar-refractivity contribution in [2.75, 3.05) is 14.2 Å². The van der Waals surface area contributed by atoms with Gasteiger partial charge in [-0.1, -0.05) is 26.0 Å². The summed E-state index contributed by atoms with van der Waals surface area (Å²) < 4.78 is 5.63. The highest BCUT2D eigenvalue weighted by atomic mass is 16.5. The summed E-state index contributed by atoms with van der Waals surface area (Å²) in [4.78, 5) is 14.5. The molecule has 4 heteroatoms. The van der Waals surface area contributed by atoms with Gasteiger partial charge in [-0.15, -0.1) is 0 Å². The van der Waals surface area contributed by atoms with Crippen LogP contribution in [-0.2, 0) is 11.3 Å². The van der Waals surface area contributed by atoms with Crippen LogP contribution in [0.25, 0.3) is 0 Å². The molecule has 1 fully saturated rings. The Bertz CT molecular complexity index is 524. The van der Waals surface area contributed by atoms with Gasteiger partial charge in [0.25, 0.3) is 5.91 Å². The van der Waals surface area contributed by atoms with Crippen LogP contribution >= 0.6 is 0 Å². The topological polar surface area (TPSA) is 55.6 Å². The molecule has 0 bridgehead atoms. The zero-order valence-electron chi connectivity index (χ0n) is 13.6. The minimum atomic E-state index is -0.171. The molecular weight excluding hydrogens is 264 g/mol. The molecule has 0 saturated heterocycles. The number of benzene rings is 1. The van der Waals surface area contributed by atoms with Crippen molar-refractivity contribution in [3.05, 3.63) is 35.4 Å². The molecule has 1 amide bonds. The third-order valence-corrected chi connectivity index (χ3v) is 5.45. The van der Waals surface area contributed by atoms with Crippen molar-refractivity contribution >= 4 is 5.91 Å². The van der Waals surface area contributed by atoms with Gasteiger partial charge in [0.1, 0.15) is 0 Å². The van der Waals surface area contributed by atoms with Gasteiger partial charge in [0.2, 0.25) is 0 Å². The lowest BCUT2D eigenvalue weighted by molar-refractivity contribution is -0.198. The van der Waals surface area contributed by atoms with Gasteiger partial charge < -0.3 is 15.4 Å². The third kappa shape index (κ3) is 2.47. The Kier molecular flexibility index (Phi) is 4.13. The van der Waals surface area contributed by atoms with Gasteiger partial charge in [0.15, 0.2) is 0 Å². The molecule has 0 spiro atoms. The molecule has 116 valence electrons. The minimum absolute atomic E-state index is 0.0507. The summed E-state index contributed by atoms with van der Waals surface area (Å²) >= 11 is 0. The maximum absolute atomic E-state index is 12.6. The molecule has 1 saturated carbocycles. The normalized spacial score (nSPS) is 27.0. The van der Waals surface area contributed by atoms with E-state index < -0.39 is 0 Å². The van der Waals surface area contributed by atoms with Crippen molar-refractivity contribution in [3.63, 3.8) is 0 Å². The summed E-state index contributed by atoms with van der Waals surface area (Å²) in [5.41, 5.74) is 7.09. The molecule has 0 aliphatic heterocycles. The first-order valence-corrected chi connectivity index (χ1v) is 7.38. The summed E-state index contributed by atoms with van der Waals surface area (Å²) in [5, 5.41) is 0. The van der Waals surface area contributed by atoms with E-state index in [1.54, 1.807) is 7.11 Å². The fourth-order valence-corrected chi connectivity index (χ4v) is 3.20. The number of nitrogens with two attached hydrogens (primary N) is 1. The van der Waals surface area contributed by atoms with E-state index in [2.05, 4.69) is 20.8 Å². The minimum Gasteiger partial charge on any atom is -0.378 e. The van der Waals surface area contributed by atoms with Crippen LogP contribution in [0.1, 0.15) is 43.1 Å². The van der Waals surface area contributed by atoms with Crippen molar-refractivity contribution in [1.82, 2.24) is 4.90 Å². The van der Waals surface area contributed by atoms with Crippen LogP contribution in [0.2, 0.25) is 0 Å². The van der Waals surface area contributed by atoms with Crippen LogP contribution in [-0.4, -0.2) is 36.6 Å². The molecular formula is C17H26N2O2. The number of nitrogens with zero attached hydrogens (tertiary/aromatic N) is 1. The number of rotatable bonds is 4. The van der Waals surface area contributed by atoms with Gasteiger partial charge in [-0.3, -0.25) is 4.79 Å². The molecule has 1 aliphatic rings. The first-order valence-electron chi connectivity index (χ1n) is 7.38. The van der Waals surface area contributed by atoms with Crippen molar-refractivity contribution in [3.8, 4) is 0 Å². The van der Waals surface area contributed by atoms with Gasteiger partial charge in [-0.2, -0.15) is 0 Å². The number of hydrogen-bond donors (Lipinski definition) is 1. The van der Waals surface area contributed by atoms with E-state index in [0.717, 1.165) is 12.0 Å². The predicted octanol–water partition coefficient (Wildman–Crippen LogP) is 2.42. The molecule has 1 aliphatic carbocycles. The molecule has 21 heavy (non-hydrogen) atoms. The smallest absolute Gasteiger partial charge is 0.253 e. The lowest BCUT2D eigenvalue weighted by atomic mass is 9.55. The lowest BCUT2D eigenvalue weighted by Gasteiger charge is -2.61. The van der Waals surface area contributed by atoms with Gasteiger partial charge in [-0.05, 0) is 31.0 Å². The summed E-state index contributed by atoms with van der Waals surface area (Å²) in [6, 6.07) is 7.70. The molecule has 2 rings (SSSR count). The van der Waals surface area contributed by atoms with Gasteiger partial charge in [-0.25, -0.2) is 0 Å². The number of carbonyl (C=O) groups is 1. The Morgan fingerprint density at radius 2 is 1.90 bits per heavy atom. The van der Waals surface area contributed by atoms with E-state index in [-0.39, 0.29) is 23.0 Å². The van der Waals surface area contributed by atoms with Gasteiger partial charge in [0, 0.05) is 37.7 Å². The number of methoxy groups -OCH3 is 1. The Labute approximate surface area is 127 Å². The van der Waals surface area contributed by atoms with Crippen molar-refractivity contribution in [2.45, 2.75) is 45.4 Å². The first kappa shape index (κ1) is 16.0. The van der Waals surface area contributed by atoms with E-state index in [4.69, 9.17) is 10.5 Å². The predicted molar refractivity (Wildman–Crippen MR) is 84.0 cm³/mol. The second-order valence-electron chi connectivity index (χ2n) is 6.69. The van der Waals surface area contributed by atoms with Crippen LogP contribution in [0.4, 0.5) is 0 Å². The zero-order chi connectivity index (χ0) is 15.8. The monoisotopic (exact) mass is 290 g/mol.